The summed E-state index contributed by atoms with van der Waals surface area (Å²) in [4.78, 5) is 25.3. The molecule has 0 saturated carbocycles. The minimum atomic E-state index is -0.531. The van der Waals surface area contributed by atoms with Crippen molar-refractivity contribution in [1.82, 2.24) is 14.8 Å². The van der Waals surface area contributed by atoms with Gasteiger partial charge < -0.3 is 19.4 Å². The Balaban J connectivity index is 1.38. The molecule has 0 aliphatic rings. The number of hydrogen-bond donors (Lipinski definition) is 1. The van der Waals surface area contributed by atoms with Gasteiger partial charge in [0.1, 0.15) is 22.9 Å². The first-order chi connectivity index (χ1) is 17.9. The van der Waals surface area contributed by atoms with E-state index in [1.54, 1.807) is 16.7 Å². The lowest BCUT2D eigenvalue weighted by molar-refractivity contribution is -0.113. The largest absolute Gasteiger partial charge is 0.486 e. The Hall–Kier alpha value is -3.34. The number of ether oxygens (including phenoxy) is 2. The predicted molar refractivity (Wildman–Crippen MR) is 147 cm³/mol. The number of aryl methyl sites for hydroxylation is 1. The van der Waals surface area contributed by atoms with Crippen LogP contribution in [-0.2, 0) is 29.6 Å². The van der Waals surface area contributed by atoms with Crippen LogP contribution in [0.1, 0.15) is 28.7 Å². The Labute approximate surface area is 228 Å². The average Bonchev–Trinajstić information content (AvgIpc) is 3.49. The molecule has 192 valence electrons. The molecule has 2 aromatic heterocycles. The van der Waals surface area contributed by atoms with E-state index in [9.17, 15) is 9.59 Å². The Bertz CT molecular complexity index is 1380. The molecule has 0 unspecified atom stereocenters. The van der Waals surface area contributed by atoms with E-state index >= 15 is 0 Å². The molecule has 11 heteroatoms. The van der Waals surface area contributed by atoms with Crippen LogP contribution < -0.4 is 10.1 Å². The van der Waals surface area contributed by atoms with Crippen LogP contribution in [0.3, 0.4) is 0 Å². The third-order valence-electron chi connectivity index (χ3n) is 5.55. The third kappa shape index (κ3) is 6.51. The Kier molecular flexibility index (Phi) is 8.86. The summed E-state index contributed by atoms with van der Waals surface area (Å²) in [6.45, 7) is 2.36. The predicted octanol–water partition coefficient (Wildman–Crippen LogP) is 5.86. The first-order valence-corrected chi connectivity index (χ1v) is 13.6. The lowest BCUT2D eigenvalue weighted by Crippen LogP contribution is -2.16. The van der Waals surface area contributed by atoms with Gasteiger partial charge in [-0.25, -0.2) is 4.79 Å². The quantitative estimate of drug-likeness (QED) is 0.193. The van der Waals surface area contributed by atoms with Crippen molar-refractivity contribution in [3.63, 3.8) is 0 Å². The minimum absolute atomic E-state index is 0.0834. The number of nitrogens with zero attached hydrogens (tertiary/aromatic N) is 3. The molecular formula is C26H25ClN4O4S2. The number of nitrogens with one attached hydrogen (secondary N) is 1. The van der Waals surface area contributed by atoms with Gasteiger partial charge >= 0.3 is 5.97 Å². The van der Waals surface area contributed by atoms with Crippen LogP contribution in [-0.4, -0.2) is 39.5 Å². The maximum absolute atomic E-state index is 12.7. The number of thioether (sulfide) groups is 1. The standard InChI is InChI=1S/C26H25ClN4O4S2/c1-4-16-5-11-19(12-6-16)35-13-21-29-30-26(31(21)2)37-15-22(32)28-24-23(25(33)34-3)20(14-36-24)17-7-9-18(27)10-8-17/h5-12,14H,4,13,15H2,1-3H3,(H,28,32). The van der Waals surface area contributed by atoms with Crippen molar-refractivity contribution in [3.05, 3.63) is 75.9 Å². The lowest BCUT2D eigenvalue weighted by atomic mass is 10.0. The van der Waals surface area contributed by atoms with Gasteiger partial charge in [-0.3, -0.25) is 4.79 Å². The molecule has 0 radical (unpaired) electrons. The third-order valence-corrected chi connectivity index (χ3v) is 7.71. The highest BCUT2D eigenvalue weighted by atomic mass is 35.5. The van der Waals surface area contributed by atoms with Crippen molar-refractivity contribution in [2.75, 3.05) is 18.2 Å². The molecule has 1 amide bonds. The molecule has 8 nitrogen and oxygen atoms in total. The number of amides is 1. The fourth-order valence-electron chi connectivity index (χ4n) is 3.46. The number of carbonyl (C=O) groups excluding carboxylic acids is 2. The molecule has 0 spiro atoms. The Morgan fingerprint density at radius 1 is 1.11 bits per heavy atom. The molecule has 37 heavy (non-hydrogen) atoms. The van der Waals surface area contributed by atoms with Gasteiger partial charge in [-0.15, -0.1) is 21.5 Å². The topological polar surface area (TPSA) is 95.3 Å². The van der Waals surface area contributed by atoms with Crippen molar-refractivity contribution in [1.29, 1.82) is 0 Å². The van der Waals surface area contributed by atoms with Gasteiger partial charge in [0.05, 0.1) is 12.9 Å². The first-order valence-electron chi connectivity index (χ1n) is 11.4. The minimum Gasteiger partial charge on any atom is -0.486 e. The fraction of sp³-hybridized carbons (Fsp3) is 0.231. The summed E-state index contributed by atoms with van der Waals surface area (Å²) < 4.78 is 12.6. The molecule has 2 heterocycles. The normalized spacial score (nSPS) is 10.8. The van der Waals surface area contributed by atoms with Crippen molar-refractivity contribution >= 4 is 51.6 Å². The summed E-state index contributed by atoms with van der Waals surface area (Å²) in [6.07, 6.45) is 0.970. The average molecular weight is 557 g/mol. The monoisotopic (exact) mass is 556 g/mol. The van der Waals surface area contributed by atoms with E-state index in [0.29, 0.717) is 32.1 Å². The Morgan fingerprint density at radius 3 is 2.51 bits per heavy atom. The highest BCUT2D eigenvalue weighted by Crippen LogP contribution is 2.36. The number of thiophene rings is 1. The van der Waals surface area contributed by atoms with Gasteiger partial charge in [-0.1, -0.05) is 54.6 Å². The summed E-state index contributed by atoms with van der Waals surface area (Å²) in [5.74, 6) is 0.665. The summed E-state index contributed by atoms with van der Waals surface area (Å²) in [5, 5.41) is 14.6. The van der Waals surface area contributed by atoms with Crippen molar-refractivity contribution in [2.45, 2.75) is 25.1 Å². The van der Waals surface area contributed by atoms with E-state index in [1.165, 1.54) is 35.8 Å². The van der Waals surface area contributed by atoms with Crippen LogP contribution in [0.2, 0.25) is 5.02 Å². The van der Waals surface area contributed by atoms with Gasteiger partial charge in [-0.05, 0) is 41.8 Å². The van der Waals surface area contributed by atoms with Crippen LogP contribution in [0, 0.1) is 0 Å². The van der Waals surface area contributed by atoms with Gasteiger partial charge in [0, 0.05) is 23.0 Å². The highest BCUT2D eigenvalue weighted by molar-refractivity contribution is 7.99. The molecule has 4 rings (SSSR count). The molecule has 0 aliphatic heterocycles. The highest BCUT2D eigenvalue weighted by Gasteiger charge is 2.23. The molecule has 2 aromatic carbocycles. The van der Waals surface area contributed by atoms with E-state index in [4.69, 9.17) is 21.1 Å². The molecular weight excluding hydrogens is 532 g/mol. The summed E-state index contributed by atoms with van der Waals surface area (Å²) >= 11 is 8.49. The molecule has 0 bridgehead atoms. The van der Waals surface area contributed by atoms with Crippen LogP contribution in [0.15, 0.2) is 59.1 Å². The number of esters is 1. The summed E-state index contributed by atoms with van der Waals surface area (Å²) in [5.41, 5.74) is 3.01. The van der Waals surface area contributed by atoms with Crippen molar-refractivity contribution in [2.24, 2.45) is 7.05 Å². The number of anilines is 1. The van der Waals surface area contributed by atoms with Crippen LogP contribution in [0.4, 0.5) is 5.00 Å². The lowest BCUT2D eigenvalue weighted by Gasteiger charge is -2.08. The smallest absolute Gasteiger partial charge is 0.341 e. The van der Waals surface area contributed by atoms with Gasteiger partial charge in [0.15, 0.2) is 11.0 Å². The second kappa shape index (κ2) is 12.3. The van der Waals surface area contributed by atoms with E-state index in [-0.39, 0.29) is 18.3 Å². The van der Waals surface area contributed by atoms with E-state index in [0.717, 1.165) is 17.7 Å². The van der Waals surface area contributed by atoms with Gasteiger partial charge in [0.25, 0.3) is 0 Å². The number of carbonyl (C=O) groups is 2. The van der Waals surface area contributed by atoms with Crippen molar-refractivity contribution < 1.29 is 19.1 Å². The van der Waals surface area contributed by atoms with Crippen LogP contribution in [0.25, 0.3) is 11.1 Å². The zero-order valence-corrected chi connectivity index (χ0v) is 22.9. The number of benzene rings is 2. The van der Waals surface area contributed by atoms with E-state index in [1.807, 2.05) is 48.8 Å². The van der Waals surface area contributed by atoms with Crippen LogP contribution in [0.5, 0.6) is 5.75 Å². The second-order valence-electron chi connectivity index (χ2n) is 7.93. The number of hydrogen-bond acceptors (Lipinski definition) is 8. The van der Waals surface area contributed by atoms with Gasteiger partial charge in [-0.2, -0.15) is 0 Å². The fourth-order valence-corrected chi connectivity index (χ4v) is 5.28. The molecule has 0 aliphatic carbocycles. The molecule has 0 saturated heterocycles. The number of methoxy groups -OCH3 is 1. The van der Waals surface area contributed by atoms with Crippen LogP contribution >= 0.6 is 34.7 Å². The maximum Gasteiger partial charge on any atom is 0.341 e. The maximum atomic E-state index is 12.7. The van der Waals surface area contributed by atoms with Gasteiger partial charge in [0.2, 0.25) is 5.91 Å². The number of halogens is 1. The second-order valence-corrected chi connectivity index (χ2v) is 10.2. The molecule has 0 fully saturated rings. The zero-order chi connectivity index (χ0) is 26.4. The zero-order valence-electron chi connectivity index (χ0n) is 20.5. The summed E-state index contributed by atoms with van der Waals surface area (Å²) in [7, 11) is 3.13. The molecule has 0 atom stereocenters. The van der Waals surface area contributed by atoms with E-state index < -0.39 is 5.97 Å². The number of rotatable bonds is 10. The Morgan fingerprint density at radius 2 is 1.84 bits per heavy atom. The first kappa shape index (κ1) is 26.7. The SMILES string of the molecule is CCc1ccc(OCc2nnc(SCC(=O)Nc3scc(-c4ccc(Cl)cc4)c3C(=O)OC)n2C)cc1. The van der Waals surface area contributed by atoms with E-state index in [2.05, 4.69) is 22.4 Å². The molecule has 4 aromatic rings. The summed E-state index contributed by atoms with van der Waals surface area (Å²) in [6, 6.07) is 15.0. The van der Waals surface area contributed by atoms with Crippen molar-refractivity contribution in [3.8, 4) is 16.9 Å². The molecule has 1 N–H and O–H groups in total. The number of aromatic nitrogens is 3.